The van der Waals surface area contributed by atoms with Gasteiger partial charge in [0.05, 0.1) is 6.61 Å². The molecule has 0 spiro atoms. The van der Waals surface area contributed by atoms with Crippen LogP contribution in [0.3, 0.4) is 0 Å². The molecular formula is C20H23NO. The third-order valence-electron chi connectivity index (χ3n) is 4.25. The molecule has 0 aromatic heterocycles. The fourth-order valence-corrected chi connectivity index (χ4v) is 3.18. The van der Waals surface area contributed by atoms with Gasteiger partial charge >= 0.3 is 0 Å². The van der Waals surface area contributed by atoms with Crippen LogP contribution in [0, 0.1) is 0 Å². The number of nitrogens with zero attached hydrogens (tertiary/aromatic N) is 1. The lowest BCUT2D eigenvalue weighted by molar-refractivity contribution is 0.00837. The average Bonchev–Trinajstić information content (AvgIpc) is 3.02. The molecular weight excluding hydrogens is 270 g/mol. The fourth-order valence-electron chi connectivity index (χ4n) is 3.18. The van der Waals surface area contributed by atoms with Crippen LogP contribution in [-0.4, -0.2) is 24.3 Å². The summed E-state index contributed by atoms with van der Waals surface area (Å²) in [6, 6.07) is 21.3. The van der Waals surface area contributed by atoms with E-state index in [1.54, 1.807) is 0 Å². The van der Waals surface area contributed by atoms with Crippen LogP contribution in [-0.2, 0) is 11.3 Å². The van der Waals surface area contributed by atoms with E-state index < -0.39 is 0 Å². The Bertz CT molecular complexity index is 581. The van der Waals surface area contributed by atoms with Gasteiger partial charge in [-0.2, -0.15) is 0 Å². The van der Waals surface area contributed by atoms with Crippen LogP contribution in [0.25, 0.3) is 0 Å². The molecule has 1 heterocycles. The van der Waals surface area contributed by atoms with Crippen LogP contribution in [0.4, 0.5) is 0 Å². The summed E-state index contributed by atoms with van der Waals surface area (Å²) in [5.41, 5.74) is 2.66. The average molecular weight is 293 g/mol. The normalized spacial score (nSPS) is 19.9. The predicted molar refractivity (Wildman–Crippen MR) is 90.6 cm³/mol. The molecule has 22 heavy (non-hydrogen) atoms. The zero-order valence-electron chi connectivity index (χ0n) is 12.9. The molecule has 1 saturated heterocycles. The highest BCUT2D eigenvalue weighted by Gasteiger charge is 2.32. The predicted octanol–water partition coefficient (Wildman–Crippen LogP) is 4.20. The van der Waals surface area contributed by atoms with E-state index in [4.69, 9.17) is 4.74 Å². The summed E-state index contributed by atoms with van der Waals surface area (Å²) < 4.78 is 6.09. The van der Waals surface area contributed by atoms with Gasteiger partial charge < -0.3 is 4.74 Å². The summed E-state index contributed by atoms with van der Waals surface area (Å²) in [5.74, 6) is 0.338. The summed E-state index contributed by atoms with van der Waals surface area (Å²) >= 11 is 0. The molecule has 3 rings (SSSR count). The van der Waals surface area contributed by atoms with Crippen LogP contribution >= 0.6 is 0 Å². The summed E-state index contributed by atoms with van der Waals surface area (Å²) in [7, 11) is 0. The molecule has 0 bridgehead atoms. The Balaban J connectivity index is 1.79. The third kappa shape index (κ3) is 3.46. The molecule has 114 valence electrons. The Morgan fingerprint density at radius 1 is 1.09 bits per heavy atom. The maximum absolute atomic E-state index is 6.09. The van der Waals surface area contributed by atoms with Gasteiger partial charge in [0.1, 0.15) is 6.23 Å². The molecule has 1 aliphatic rings. The zero-order chi connectivity index (χ0) is 15.2. The van der Waals surface area contributed by atoms with E-state index in [0.29, 0.717) is 5.92 Å². The fraction of sp³-hybridized carbons (Fsp3) is 0.300. The topological polar surface area (TPSA) is 12.5 Å². The van der Waals surface area contributed by atoms with Crippen LogP contribution in [0.5, 0.6) is 0 Å². The van der Waals surface area contributed by atoms with Gasteiger partial charge in [0.15, 0.2) is 0 Å². The lowest BCUT2D eigenvalue weighted by Gasteiger charge is -2.30. The number of ether oxygens (including phenoxy) is 1. The lowest BCUT2D eigenvalue weighted by atomic mass is 9.93. The van der Waals surface area contributed by atoms with Crippen molar-refractivity contribution in [2.45, 2.75) is 25.1 Å². The Morgan fingerprint density at radius 2 is 1.77 bits per heavy atom. The molecule has 0 aliphatic carbocycles. The second kappa shape index (κ2) is 7.39. The largest absolute Gasteiger partial charge is 0.361 e. The van der Waals surface area contributed by atoms with E-state index in [0.717, 1.165) is 26.1 Å². The lowest BCUT2D eigenvalue weighted by Crippen LogP contribution is -2.34. The summed E-state index contributed by atoms with van der Waals surface area (Å²) in [5, 5.41) is 0. The van der Waals surface area contributed by atoms with E-state index in [2.05, 4.69) is 72.1 Å². The van der Waals surface area contributed by atoms with Crippen molar-refractivity contribution in [1.29, 1.82) is 0 Å². The van der Waals surface area contributed by atoms with E-state index in [1.807, 2.05) is 6.08 Å². The van der Waals surface area contributed by atoms with Crippen LogP contribution in [0.2, 0.25) is 0 Å². The number of benzene rings is 2. The molecule has 2 nitrogen and oxygen atoms in total. The highest BCUT2D eigenvalue weighted by atomic mass is 16.5. The van der Waals surface area contributed by atoms with Crippen LogP contribution in [0.1, 0.15) is 23.5 Å². The molecule has 0 N–H and O–H groups in total. The molecule has 0 radical (unpaired) electrons. The van der Waals surface area contributed by atoms with Gasteiger partial charge in [-0.15, -0.1) is 6.58 Å². The van der Waals surface area contributed by atoms with Crippen molar-refractivity contribution in [3.8, 4) is 0 Å². The van der Waals surface area contributed by atoms with E-state index in [-0.39, 0.29) is 6.23 Å². The van der Waals surface area contributed by atoms with Gasteiger partial charge in [-0.3, -0.25) is 4.90 Å². The Labute approximate surface area is 133 Å². The highest BCUT2D eigenvalue weighted by molar-refractivity contribution is 5.22. The number of rotatable bonds is 6. The Morgan fingerprint density at radius 3 is 2.45 bits per heavy atom. The van der Waals surface area contributed by atoms with Crippen molar-refractivity contribution >= 4 is 0 Å². The maximum atomic E-state index is 6.09. The Hall–Kier alpha value is -1.90. The maximum Gasteiger partial charge on any atom is 0.118 e. The smallest absolute Gasteiger partial charge is 0.118 e. The van der Waals surface area contributed by atoms with Gasteiger partial charge in [0, 0.05) is 19.0 Å². The molecule has 2 aromatic carbocycles. The molecule has 1 aliphatic heterocycles. The minimum Gasteiger partial charge on any atom is -0.361 e. The van der Waals surface area contributed by atoms with Gasteiger partial charge in [-0.05, 0) is 17.5 Å². The first-order valence-electron chi connectivity index (χ1n) is 7.94. The van der Waals surface area contributed by atoms with Gasteiger partial charge in [0.2, 0.25) is 0 Å². The van der Waals surface area contributed by atoms with Crippen LogP contribution < -0.4 is 0 Å². The second-order valence-electron chi connectivity index (χ2n) is 5.76. The number of allylic oxidation sites excluding steroid dienone is 1. The van der Waals surface area contributed by atoms with Crippen molar-refractivity contribution in [3.05, 3.63) is 84.4 Å². The third-order valence-corrected chi connectivity index (χ3v) is 4.25. The summed E-state index contributed by atoms with van der Waals surface area (Å²) in [4.78, 5) is 2.44. The number of hydrogen-bond donors (Lipinski definition) is 0. The van der Waals surface area contributed by atoms with E-state index >= 15 is 0 Å². The van der Waals surface area contributed by atoms with Gasteiger partial charge in [-0.25, -0.2) is 0 Å². The zero-order valence-corrected chi connectivity index (χ0v) is 12.9. The molecule has 2 atom stereocenters. The molecule has 2 aromatic rings. The standard InChI is InChI=1S/C20H23NO/c1-2-9-19(18-12-7-4-8-13-18)20-21(14-15-22-20)16-17-10-5-3-6-11-17/h2-8,10-13,19-20H,1,9,14-16H2. The van der Waals surface area contributed by atoms with Crippen LogP contribution in [0.15, 0.2) is 73.3 Å². The highest BCUT2D eigenvalue weighted by Crippen LogP contribution is 2.31. The molecule has 0 amide bonds. The summed E-state index contributed by atoms with van der Waals surface area (Å²) in [6.07, 6.45) is 3.06. The van der Waals surface area contributed by atoms with Crippen molar-refractivity contribution in [2.24, 2.45) is 0 Å². The van der Waals surface area contributed by atoms with Crippen molar-refractivity contribution in [1.82, 2.24) is 4.90 Å². The quantitative estimate of drug-likeness (QED) is 0.740. The minimum absolute atomic E-state index is 0.126. The summed E-state index contributed by atoms with van der Waals surface area (Å²) in [6.45, 7) is 6.66. The van der Waals surface area contributed by atoms with E-state index in [1.165, 1.54) is 11.1 Å². The number of hydrogen-bond acceptors (Lipinski definition) is 2. The first-order chi connectivity index (χ1) is 10.9. The molecule has 2 unspecified atom stereocenters. The van der Waals surface area contributed by atoms with Crippen molar-refractivity contribution in [2.75, 3.05) is 13.2 Å². The minimum atomic E-state index is 0.126. The van der Waals surface area contributed by atoms with Crippen molar-refractivity contribution in [3.63, 3.8) is 0 Å². The molecule has 2 heteroatoms. The molecule has 1 fully saturated rings. The first kappa shape index (κ1) is 15.0. The van der Waals surface area contributed by atoms with Gasteiger partial charge in [0.25, 0.3) is 0 Å². The Kier molecular flexibility index (Phi) is 5.04. The SMILES string of the molecule is C=CCC(c1ccccc1)C1OCCN1Cc1ccccc1. The second-order valence-corrected chi connectivity index (χ2v) is 5.76. The van der Waals surface area contributed by atoms with E-state index in [9.17, 15) is 0 Å². The van der Waals surface area contributed by atoms with Gasteiger partial charge in [-0.1, -0.05) is 66.7 Å². The molecule has 0 saturated carbocycles. The van der Waals surface area contributed by atoms with Crippen molar-refractivity contribution < 1.29 is 4.74 Å². The monoisotopic (exact) mass is 293 g/mol. The first-order valence-corrected chi connectivity index (χ1v) is 7.94.